The maximum atomic E-state index is 12.0. The fourth-order valence-electron chi connectivity index (χ4n) is 1.76. The minimum absolute atomic E-state index is 0.196. The number of urea groups is 1. The molecule has 0 aliphatic heterocycles. The summed E-state index contributed by atoms with van der Waals surface area (Å²) in [6.45, 7) is 0.274. The number of phenolic OH excluding ortho intramolecular Hbond substituents is 1. The molecule has 22 heavy (non-hydrogen) atoms. The van der Waals surface area contributed by atoms with Crippen molar-refractivity contribution in [1.29, 1.82) is 0 Å². The Labute approximate surface area is 131 Å². The van der Waals surface area contributed by atoms with Gasteiger partial charge in [-0.15, -0.1) is 0 Å². The van der Waals surface area contributed by atoms with Crippen LogP contribution < -0.4 is 5.32 Å². The van der Waals surface area contributed by atoms with Crippen LogP contribution in [0.2, 0.25) is 0 Å². The molecule has 0 heterocycles. The lowest BCUT2D eigenvalue weighted by atomic mass is 10.2. The van der Waals surface area contributed by atoms with Gasteiger partial charge in [-0.05, 0) is 17.7 Å². The van der Waals surface area contributed by atoms with Gasteiger partial charge in [-0.1, -0.05) is 43.1 Å². The van der Waals surface area contributed by atoms with E-state index in [9.17, 15) is 20.0 Å². The number of anilines is 1. The second kappa shape index (κ2) is 6.81. The molecular weight excluding hydrogens is 306 g/mol. The third-order valence-corrected chi connectivity index (χ3v) is 3.16. The molecule has 2 aromatic carbocycles. The molecule has 0 unspecified atom stereocenters. The number of aromatic hydroxyl groups is 1. The van der Waals surface area contributed by atoms with Gasteiger partial charge in [0, 0.05) is 11.8 Å². The average Bonchev–Trinajstić information content (AvgIpc) is 2.49. The van der Waals surface area contributed by atoms with E-state index in [2.05, 4.69) is 18.1 Å². The molecule has 0 atom stereocenters. The SMILES string of the molecule is O=C(Nc1ccc(O)c([N+](=O)[O-])c1)N(S)Cc1ccccc1. The van der Waals surface area contributed by atoms with Crippen molar-refractivity contribution in [2.45, 2.75) is 6.54 Å². The van der Waals surface area contributed by atoms with Gasteiger partial charge in [-0.3, -0.25) is 14.4 Å². The Balaban J connectivity index is 2.05. The normalized spacial score (nSPS) is 10.0. The van der Waals surface area contributed by atoms with Crippen molar-refractivity contribution in [3.05, 3.63) is 64.2 Å². The molecule has 8 heteroatoms. The molecule has 0 aliphatic rings. The summed E-state index contributed by atoms with van der Waals surface area (Å²) in [5.41, 5.74) is 0.609. The van der Waals surface area contributed by atoms with Gasteiger partial charge >= 0.3 is 11.7 Å². The van der Waals surface area contributed by atoms with E-state index in [0.29, 0.717) is 0 Å². The Hall–Kier alpha value is -2.74. The van der Waals surface area contributed by atoms with Crippen molar-refractivity contribution in [1.82, 2.24) is 4.31 Å². The van der Waals surface area contributed by atoms with Crippen molar-refractivity contribution >= 4 is 30.2 Å². The first kappa shape index (κ1) is 15.6. The summed E-state index contributed by atoms with van der Waals surface area (Å²) in [7, 11) is 0. The Kier molecular flexibility index (Phi) is 4.84. The molecule has 2 aromatic rings. The zero-order valence-electron chi connectivity index (χ0n) is 11.3. The van der Waals surface area contributed by atoms with Crippen molar-refractivity contribution in [3.63, 3.8) is 0 Å². The molecule has 2 N–H and O–H groups in total. The van der Waals surface area contributed by atoms with Gasteiger partial charge in [0.1, 0.15) is 0 Å². The van der Waals surface area contributed by atoms with Gasteiger partial charge in [0.25, 0.3) is 0 Å². The average molecular weight is 319 g/mol. The number of thiol groups is 1. The number of rotatable bonds is 4. The summed E-state index contributed by atoms with van der Waals surface area (Å²) in [5.74, 6) is -0.463. The van der Waals surface area contributed by atoms with Gasteiger partial charge in [0.15, 0.2) is 5.75 Å². The summed E-state index contributed by atoms with van der Waals surface area (Å²) >= 11 is 4.09. The highest BCUT2D eigenvalue weighted by Crippen LogP contribution is 2.28. The summed E-state index contributed by atoms with van der Waals surface area (Å²) in [5, 5.41) is 22.6. The third-order valence-electron chi connectivity index (χ3n) is 2.83. The first-order valence-corrected chi connectivity index (χ1v) is 6.66. The fourth-order valence-corrected chi connectivity index (χ4v) is 1.98. The fraction of sp³-hybridized carbons (Fsp3) is 0.0714. The Bertz CT molecular complexity index is 694. The van der Waals surface area contributed by atoms with Crippen LogP contribution in [-0.2, 0) is 6.54 Å². The number of nitro benzene ring substituents is 1. The predicted octanol–water partition coefficient (Wildman–Crippen LogP) is 3.18. The smallest absolute Gasteiger partial charge is 0.331 e. The van der Waals surface area contributed by atoms with Gasteiger partial charge in [-0.25, -0.2) is 4.79 Å². The highest BCUT2D eigenvalue weighted by atomic mass is 32.1. The molecule has 0 aromatic heterocycles. The minimum atomic E-state index is -0.729. The molecule has 2 amide bonds. The van der Waals surface area contributed by atoms with Crippen molar-refractivity contribution < 1.29 is 14.8 Å². The largest absolute Gasteiger partial charge is 0.502 e. The van der Waals surface area contributed by atoms with E-state index in [1.54, 1.807) is 0 Å². The lowest BCUT2D eigenvalue weighted by molar-refractivity contribution is -0.385. The number of nitrogens with one attached hydrogen (secondary N) is 1. The number of nitro groups is 1. The minimum Gasteiger partial charge on any atom is -0.502 e. The van der Waals surface area contributed by atoms with Crippen molar-refractivity contribution in [2.75, 3.05) is 5.32 Å². The summed E-state index contributed by atoms with van der Waals surface area (Å²) < 4.78 is 1.15. The maximum Gasteiger partial charge on any atom is 0.331 e. The lowest BCUT2D eigenvalue weighted by Crippen LogP contribution is -2.26. The number of carbonyl (C=O) groups is 1. The number of amides is 2. The Morgan fingerprint density at radius 1 is 1.27 bits per heavy atom. The molecular formula is C14H13N3O4S. The first-order chi connectivity index (χ1) is 10.5. The maximum absolute atomic E-state index is 12.0. The van der Waals surface area contributed by atoms with Crippen LogP contribution in [0.5, 0.6) is 5.75 Å². The quantitative estimate of drug-likeness (QED) is 0.349. The van der Waals surface area contributed by atoms with Crippen LogP contribution in [0.15, 0.2) is 48.5 Å². The number of nitrogens with zero attached hydrogens (tertiary/aromatic N) is 2. The van der Waals surface area contributed by atoms with Crippen molar-refractivity contribution in [2.24, 2.45) is 0 Å². The molecule has 0 aliphatic carbocycles. The van der Waals surface area contributed by atoms with Crippen LogP contribution >= 0.6 is 12.8 Å². The number of carbonyl (C=O) groups excluding carboxylic acids is 1. The van der Waals surface area contributed by atoms with Crippen LogP contribution in [0.4, 0.5) is 16.2 Å². The zero-order valence-corrected chi connectivity index (χ0v) is 12.2. The van der Waals surface area contributed by atoms with Crippen LogP contribution in [0.1, 0.15) is 5.56 Å². The Morgan fingerprint density at radius 2 is 1.95 bits per heavy atom. The van der Waals surface area contributed by atoms with E-state index < -0.39 is 22.4 Å². The second-order valence-corrected chi connectivity index (χ2v) is 4.92. The predicted molar refractivity (Wildman–Crippen MR) is 84.8 cm³/mol. The highest BCUT2D eigenvalue weighted by Gasteiger charge is 2.16. The van der Waals surface area contributed by atoms with E-state index in [1.165, 1.54) is 6.07 Å². The number of phenols is 1. The van der Waals surface area contributed by atoms with Crippen LogP contribution in [0.3, 0.4) is 0 Å². The second-order valence-electron chi connectivity index (χ2n) is 4.43. The van der Waals surface area contributed by atoms with Gasteiger partial charge < -0.3 is 10.4 Å². The zero-order chi connectivity index (χ0) is 16.1. The molecule has 2 rings (SSSR count). The van der Waals surface area contributed by atoms with Crippen LogP contribution in [0, 0.1) is 10.1 Å². The molecule has 0 spiro atoms. The van der Waals surface area contributed by atoms with E-state index >= 15 is 0 Å². The van der Waals surface area contributed by atoms with Crippen molar-refractivity contribution in [3.8, 4) is 5.75 Å². The molecule has 0 fully saturated rings. The van der Waals surface area contributed by atoms with Crippen LogP contribution in [-0.4, -0.2) is 20.4 Å². The molecule has 0 saturated carbocycles. The number of benzene rings is 2. The molecule has 7 nitrogen and oxygen atoms in total. The Morgan fingerprint density at radius 3 is 2.59 bits per heavy atom. The van der Waals surface area contributed by atoms with Crippen LogP contribution in [0.25, 0.3) is 0 Å². The number of hydrogen-bond donors (Lipinski definition) is 3. The number of hydrogen-bond acceptors (Lipinski definition) is 5. The first-order valence-electron chi connectivity index (χ1n) is 6.26. The van der Waals surface area contributed by atoms with E-state index in [1.807, 2.05) is 30.3 Å². The van der Waals surface area contributed by atoms with E-state index in [4.69, 9.17) is 0 Å². The van der Waals surface area contributed by atoms with Gasteiger partial charge in [0.2, 0.25) is 0 Å². The molecule has 114 valence electrons. The summed E-state index contributed by atoms with van der Waals surface area (Å²) in [6.07, 6.45) is 0. The molecule has 0 radical (unpaired) electrons. The third kappa shape index (κ3) is 3.89. The van der Waals surface area contributed by atoms with Gasteiger partial charge in [0.05, 0.1) is 11.5 Å². The standard InChI is InChI=1S/C14H13N3O4S/c18-13-7-6-11(8-12(13)17(20)21)15-14(19)16(22)9-10-4-2-1-3-5-10/h1-8,18,22H,9H2,(H,15,19). The van der Waals surface area contributed by atoms with E-state index in [-0.39, 0.29) is 12.2 Å². The molecule has 0 bridgehead atoms. The van der Waals surface area contributed by atoms with Gasteiger partial charge in [-0.2, -0.15) is 0 Å². The van der Waals surface area contributed by atoms with E-state index in [0.717, 1.165) is 22.0 Å². The topological polar surface area (TPSA) is 95.7 Å². The molecule has 0 saturated heterocycles. The lowest BCUT2D eigenvalue weighted by Gasteiger charge is -2.16. The summed E-state index contributed by atoms with van der Waals surface area (Å²) in [6, 6.07) is 12.3. The highest BCUT2D eigenvalue weighted by molar-refractivity contribution is 7.78. The summed E-state index contributed by atoms with van der Waals surface area (Å²) in [4.78, 5) is 22.0. The monoisotopic (exact) mass is 319 g/mol.